The molecule has 1 heterocycles. The fraction of sp³-hybridized carbons (Fsp3) is 0.385. The Kier molecular flexibility index (Phi) is 4.16. The maximum atomic E-state index is 12.4. The number of alkyl halides is 2. The van der Waals surface area contributed by atoms with Crippen LogP contribution in [-0.2, 0) is 9.59 Å². The van der Waals surface area contributed by atoms with Gasteiger partial charge in [-0.3, -0.25) is 14.5 Å². The van der Waals surface area contributed by atoms with E-state index in [4.69, 9.17) is 0 Å². The van der Waals surface area contributed by atoms with Crippen LogP contribution < -0.4 is 15.0 Å². The zero-order chi connectivity index (χ0) is 14.7. The average Bonchev–Trinajstić information content (AvgIpc) is 2.41. The van der Waals surface area contributed by atoms with Gasteiger partial charge in [0, 0.05) is 0 Å². The van der Waals surface area contributed by atoms with Crippen LogP contribution in [0, 0.1) is 0 Å². The molecule has 1 aromatic carbocycles. The Morgan fingerprint density at radius 1 is 1.40 bits per heavy atom. The van der Waals surface area contributed by atoms with Crippen LogP contribution in [-0.4, -0.2) is 31.0 Å². The fourth-order valence-electron chi connectivity index (χ4n) is 2.07. The van der Waals surface area contributed by atoms with E-state index >= 15 is 0 Å². The van der Waals surface area contributed by atoms with Gasteiger partial charge in [0.1, 0.15) is 18.3 Å². The van der Waals surface area contributed by atoms with Crippen molar-refractivity contribution in [3.63, 3.8) is 0 Å². The summed E-state index contributed by atoms with van der Waals surface area (Å²) in [5.41, 5.74) is 0.172. The van der Waals surface area contributed by atoms with E-state index in [2.05, 4.69) is 10.1 Å². The lowest BCUT2D eigenvalue weighted by Gasteiger charge is -2.32. The van der Waals surface area contributed by atoms with Gasteiger partial charge in [-0.05, 0) is 18.6 Å². The minimum Gasteiger partial charge on any atom is -0.433 e. The lowest BCUT2D eigenvalue weighted by Crippen LogP contribution is -2.58. The normalized spacial score (nSPS) is 19.2. The van der Waals surface area contributed by atoms with E-state index in [9.17, 15) is 18.4 Å². The SMILES string of the molecule is CCC1NC(=O)CN(c2ccccc2OC(F)F)C1=O. The van der Waals surface area contributed by atoms with Gasteiger partial charge in [-0.1, -0.05) is 19.1 Å². The molecule has 0 aliphatic carbocycles. The molecule has 1 aliphatic heterocycles. The van der Waals surface area contributed by atoms with Gasteiger partial charge in [0.25, 0.3) is 0 Å². The molecule has 0 spiro atoms. The fourth-order valence-corrected chi connectivity index (χ4v) is 2.07. The van der Waals surface area contributed by atoms with Crippen molar-refractivity contribution in [1.82, 2.24) is 5.32 Å². The molecule has 7 heteroatoms. The third-order valence-electron chi connectivity index (χ3n) is 2.98. The van der Waals surface area contributed by atoms with Gasteiger partial charge in [-0.15, -0.1) is 0 Å². The van der Waals surface area contributed by atoms with Crippen molar-refractivity contribution in [2.75, 3.05) is 11.4 Å². The van der Waals surface area contributed by atoms with E-state index in [-0.39, 0.29) is 29.8 Å². The third-order valence-corrected chi connectivity index (χ3v) is 2.98. The average molecular weight is 284 g/mol. The molecule has 108 valence electrons. The van der Waals surface area contributed by atoms with E-state index in [0.717, 1.165) is 0 Å². The predicted molar refractivity (Wildman–Crippen MR) is 67.6 cm³/mol. The first-order valence-electron chi connectivity index (χ1n) is 6.17. The number of para-hydroxylation sites is 2. The number of benzene rings is 1. The highest BCUT2D eigenvalue weighted by molar-refractivity contribution is 6.07. The number of anilines is 1. The third kappa shape index (κ3) is 2.87. The maximum Gasteiger partial charge on any atom is 0.387 e. The molecule has 1 aliphatic rings. The van der Waals surface area contributed by atoms with Crippen molar-refractivity contribution in [3.8, 4) is 5.75 Å². The summed E-state index contributed by atoms with van der Waals surface area (Å²) in [6.45, 7) is -1.45. The van der Waals surface area contributed by atoms with Crippen LogP contribution >= 0.6 is 0 Å². The Labute approximate surface area is 114 Å². The van der Waals surface area contributed by atoms with Gasteiger partial charge in [-0.25, -0.2) is 0 Å². The molecule has 2 rings (SSSR count). The number of hydrogen-bond donors (Lipinski definition) is 1. The lowest BCUT2D eigenvalue weighted by atomic mass is 10.1. The number of ether oxygens (including phenoxy) is 1. The first-order chi connectivity index (χ1) is 9.52. The van der Waals surface area contributed by atoms with Crippen molar-refractivity contribution < 1.29 is 23.1 Å². The number of halogens is 2. The van der Waals surface area contributed by atoms with Crippen molar-refractivity contribution in [2.45, 2.75) is 26.0 Å². The minimum atomic E-state index is -2.99. The summed E-state index contributed by atoms with van der Waals surface area (Å²) in [4.78, 5) is 25.0. The Morgan fingerprint density at radius 2 is 2.10 bits per heavy atom. The zero-order valence-electron chi connectivity index (χ0n) is 10.8. The van der Waals surface area contributed by atoms with Crippen LogP contribution in [0.5, 0.6) is 5.75 Å². The Bertz CT molecular complexity index is 522. The molecular formula is C13H14F2N2O3. The molecule has 0 aromatic heterocycles. The molecule has 0 saturated carbocycles. The van der Waals surface area contributed by atoms with Crippen molar-refractivity contribution >= 4 is 17.5 Å². The highest BCUT2D eigenvalue weighted by atomic mass is 19.3. The molecule has 2 amide bonds. The van der Waals surface area contributed by atoms with E-state index in [0.29, 0.717) is 6.42 Å². The molecular weight excluding hydrogens is 270 g/mol. The van der Waals surface area contributed by atoms with Gasteiger partial charge in [-0.2, -0.15) is 8.78 Å². The van der Waals surface area contributed by atoms with Crippen LogP contribution in [0.2, 0.25) is 0 Å². The second-order valence-electron chi connectivity index (χ2n) is 4.30. The summed E-state index contributed by atoms with van der Waals surface area (Å²) >= 11 is 0. The summed E-state index contributed by atoms with van der Waals surface area (Å²) in [5.74, 6) is -0.791. The molecule has 1 fully saturated rings. The number of carbonyl (C=O) groups is 2. The summed E-state index contributed by atoms with van der Waals surface area (Å²) in [5, 5.41) is 2.56. The molecule has 1 atom stereocenters. The first kappa shape index (κ1) is 14.2. The standard InChI is InChI=1S/C13H14F2N2O3/c1-2-8-12(19)17(7-11(18)16-8)9-5-3-4-6-10(9)20-13(14)15/h3-6,8,13H,2,7H2,1H3,(H,16,18). The lowest BCUT2D eigenvalue weighted by molar-refractivity contribution is -0.131. The van der Waals surface area contributed by atoms with Crippen LogP contribution in [0.4, 0.5) is 14.5 Å². The van der Waals surface area contributed by atoms with Crippen molar-refractivity contribution in [3.05, 3.63) is 24.3 Å². The maximum absolute atomic E-state index is 12.4. The molecule has 0 bridgehead atoms. The summed E-state index contributed by atoms with van der Waals surface area (Å²) in [7, 11) is 0. The van der Waals surface area contributed by atoms with Crippen LogP contribution in [0.25, 0.3) is 0 Å². The van der Waals surface area contributed by atoms with Crippen LogP contribution in [0.3, 0.4) is 0 Å². The topological polar surface area (TPSA) is 58.6 Å². The molecule has 1 N–H and O–H groups in total. The molecule has 1 unspecified atom stereocenters. The molecule has 1 aromatic rings. The second kappa shape index (κ2) is 5.85. The number of amides is 2. The Balaban J connectivity index is 2.34. The number of hydrogen-bond acceptors (Lipinski definition) is 3. The Morgan fingerprint density at radius 3 is 2.75 bits per heavy atom. The summed E-state index contributed by atoms with van der Waals surface area (Å²) < 4.78 is 29.2. The van der Waals surface area contributed by atoms with Gasteiger partial charge in [0.15, 0.2) is 0 Å². The quantitative estimate of drug-likeness (QED) is 0.912. The first-order valence-corrected chi connectivity index (χ1v) is 6.17. The van der Waals surface area contributed by atoms with Crippen LogP contribution in [0.15, 0.2) is 24.3 Å². The predicted octanol–water partition coefficient (Wildman–Crippen LogP) is 1.53. The van der Waals surface area contributed by atoms with Gasteiger partial charge in [0.2, 0.25) is 11.8 Å². The number of nitrogens with one attached hydrogen (secondary N) is 1. The van der Waals surface area contributed by atoms with Crippen molar-refractivity contribution in [2.24, 2.45) is 0 Å². The van der Waals surface area contributed by atoms with E-state index in [1.54, 1.807) is 13.0 Å². The van der Waals surface area contributed by atoms with Crippen molar-refractivity contribution in [1.29, 1.82) is 0 Å². The molecule has 5 nitrogen and oxygen atoms in total. The van der Waals surface area contributed by atoms with E-state index < -0.39 is 12.7 Å². The van der Waals surface area contributed by atoms with Gasteiger partial charge in [0.05, 0.1) is 5.69 Å². The summed E-state index contributed by atoms with van der Waals surface area (Å²) in [6.07, 6.45) is 0.430. The molecule has 1 saturated heterocycles. The number of carbonyl (C=O) groups excluding carboxylic acids is 2. The highest BCUT2D eigenvalue weighted by Crippen LogP contribution is 2.30. The number of rotatable bonds is 4. The van der Waals surface area contributed by atoms with Gasteiger partial charge < -0.3 is 10.1 Å². The minimum absolute atomic E-state index is 0.125. The molecule has 20 heavy (non-hydrogen) atoms. The number of nitrogens with zero attached hydrogens (tertiary/aromatic N) is 1. The monoisotopic (exact) mass is 284 g/mol. The largest absolute Gasteiger partial charge is 0.433 e. The molecule has 0 radical (unpaired) electrons. The smallest absolute Gasteiger partial charge is 0.387 e. The highest BCUT2D eigenvalue weighted by Gasteiger charge is 2.33. The number of piperazine rings is 1. The summed E-state index contributed by atoms with van der Waals surface area (Å²) in [6, 6.07) is 5.28. The Hall–Kier alpha value is -2.18. The van der Waals surface area contributed by atoms with E-state index in [1.165, 1.54) is 23.1 Å². The van der Waals surface area contributed by atoms with Gasteiger partial charge >= 0.3 is 6.61 Å². The zero-order valence-corrected chi connectivity index (χ0v) is 10.8. The second-order valence-corrected chi connectivity index (χ2v) is 4.30. The van der Waals surface area contributed by atoms with Crippen LogP contribution in [0.1, 0.15) is 13.3 Å². The van der Waals surface area contributed by atoms with E-state index in [1.807, 2.05) is 0 Å².